The van der Waals surface area contributed by atoms with Crippen LogP contribution in [0.2, 0.25) is 5.02 Å². The quantitative estimate of drug-likeness (QED) is 0.565. The van der Waals surface area contributed by atoms with Crippen LogP contribution in [0.25, 0.3) is 0 Å². The van der Waals surface area contributed by atoms with Crippen molar-refractivity contribution in [3.8, 4) is 0 Å². The highest BCUT2D eigenvalue weighted by molar-refractivity contribution is 7.93. The molecule has 0 saturated heterocycles. The number of nitrogens with zero attached hydrogens (tertiary/aromatic N) is 1. The Hall–Kier alpha value is -2.56. The Labute approximate surface area is 174 Å². The fourth-order valence-electron chi connectivity index (χ4n) is 2.34. The molecule has 0 aliphatic carbocycles. The van der Waals surface area contributed by atoms with Crippen LogP contribution in [0.1, 0.15) is 11.3 Å². The molecule has 6 nitrogen and oxygen atoms in total. The van der Waals surface area contributed by atoms with E-state index in [1.54, 1.807) is 0 Å². The maximum atomic E-state index is 13.6. The van der Waals surface area contributed by atoms with Crippen LogP contribution in [0.3, 0.4) is 0 Å². The predicted octanol–water partition coefficient (Wildman–Crippen LogP) is 3.73. The first-order valence-electron chi connectivity index (χ1n) is 8.17. The summed E-state index contributed by atoms with van der Waals surface area (Å²) in [6, 6.07) is 9.05. The fourth-order valence-corrected chi connectivity index (χ4v) is 4.43. The molecule has 1 amide bonds. The molecule has 0 saturated carbocycles. The van der Waals surface area contributed by atoms with E-state index in [-0.39, 0.29) is 28.6 Å². The third-order valence-corrected chi connectivity index (χ3v) is 6.31. The first kappa shape index (κ1) is 21.2. The molecular formula is C18H14ClF2N3O3S2. The largest absolute Gasteiger partial charge is 0.351 e. The maximum absolute atomic E-state index is 13.6. The van der Waals surface area contributed by atoms with Gasteiger partial charge in [0.2, 0.25) is 5.91 Å². The molecule has 0 radical (unpaired) electrons. The molecule has 0 fully saturated rings. The van der Waals surface area contributed by atoms with Crippen LogP contribution in [0.5, 0.6) is 0 Å². The zero-order valence-corrected chi connectivity index (χ0v) is 17.0. The van der Waals surface area contributed by atoms with Gasteiger partial charge in [-0.3, -0.25) is 9.52 Å². The first-order chi connectivity index (χ1) is 13.7. The number of hydrogen-bond acceptors (Lipinski definition) is 5. The zero-order valence-electron chi connectivity index (χ0n) is 14.7. The normalized spacial score (nSPS) is 11.3. The highest BCUT2D eigenvalue weighted by Crippen LogP contribution is 2.21. The molecule has 11 heteroatoms. The van der Waals surface area contributed by atoms with Crippen LogP contribution in [0, 0.1) is 11.6 Å². The summed E-state index contributed by atoms with van der Waals surface area (Å²) >= 11 is 6.76. The number of rotatable bonds is 7. The van der Waals surface area contributed by atoms with Crippen molar-refractivity contribution in [3.63, 3.8) is 0 Å². The number of thiazole rings is 1. The van der Waals surface area contributed by atoms with Gasteiger partial charge in [-0.05, 0) is 36.4 Å². The van der Waals surface area contributed by atoms with E-state index in [0.717, 1.165) is 23.5 Å². The van der Waals surface area contributed by atoms with Crippen molar-refractivity contribution >= 4 is 44.0 Å². The highest BCUT2D eigenvalue weighted by atomic mass is 35.5. The number of halogens is 3. The maximum Gasteiger partial charge on any atom is 0.263 e. The third-order valence-electron chi connectivity index (χ3n) is 3.76. The summed E-state index contributed by atoms with van der Waals surface area (Å²) in [4.78, 5) is 16.1. The molecule has 0 aliphatic rings. The molecule has 0 bridgehead atoms. The smallest absolute Gasteiger partial charge is 0.263 e. The number of hydrogen-bond donors (Lipinski definition) is 2. The van der Waals surface area contributed by atoms with Gasteiger partial charge in [0.1, 0.15) is 11.6 Å². The summed E-state index contributed by atoms with van der Waals surface area (Å²) in [5.74, 6) is -2.01. The van der Waals surface area contributed by atoms with Crippen LogP contribution in [-0.2, 0) is 27.8 Å². The van der Waals surface area contributed by atoms with Gasteiger partial charge in [-0.15, -0.1) is 11.3 Å². The number of carbonyl (C=O) groups is 1. The van der Waals surface area contributed by atoms with Crippen molar-refractivity contribution in [3.05, 3.63) is 75.8 Å². The van der Waals surface area contributed by atoms with Gasteiger partial charge >= 0.3 is 0 Å². The molecule has 1 heterocycles. The summed E-state index contributed by atoms with van der Waals surface area (Å²) in [5.41, 5.74) is 0.0749. The number of sulfonamides is 1. The molecule has 0 aliphatic heterocycles. The van der Waals surface area contributed by atoms with Crippen molar-refractivity contribution in [2.24, 2.45) is 0 Å². The predicted molar refractivity (Wildman–Crippen MR) is 106 cm³/mol. The SMILES string of the molecule is O=C(Cc1csc(NS(=O)(=O)c2ccc(Cl)cc2)n1)NCc1c(F)cccc1F. The average Bonchev–Trinajstić information content (AvgIpc) is 3.07. The van der Waals surface area contributed by atoms with E-state index >= 15 is 0 Å². The second-order valence-electron chi connectivity index (χ2n) is 5.86. The van der Waals surface area contributed by atoms with Crippen molar-refractivity contribution in [1.82, 2.24) is 10.3 Å². The Balaban J connectivity index is 1.60. The Morgan fingerprint density at radius 3 is 2.41 bits per heavy atom. The topological polar surface area (TPSA) is 88.2 Å². The molecule has 29 heavy (non-hydrogen) atoms. The summed E-state index contributed by atoms with van der Waals surface area (Å²) < 4.78 is 54.1. The van der Waals surface area contributed by atoms with Gasteiger partial charge in [0, 0.05) is 22.5 Å². The lowest BCUT2D eigenvalue weighted by molar-refractivity contribution is -0.120. The van der Waals surface area contributed by atoms with Gasteiger partial charge in [-0.2, -0.15) is 0 Å². The van der Waals surface area contributed by atoms with Gasteiger partial charge in [-0.25, -0.2) is 22.2 Å². The van der Waals surface area contributed by atoms with E-state index in [1.165, 1.54) is 35.7 Å². The van der Waals surface area contributed by atoms with Crippen LogP contribution in [-0.4, -0.2) is 19.3 Å². The Morgan fingerprint density at radius 1 is 1.10 bits per heavy atom. The lowest BCUT2D eigenvalue weighted by Crippen LogP contribution is -2.25. The number of amides is 1. The second kappa shape index (κ2) is 8.85. The lowest BCUT2D eigenvalue weighted by atomic mass is 10.2. The molecule has 1 aromatic heterocycles. The molecule has 3 aromatic rings. The Morgan fingerprint density at radius 2 is 1.76 bits per heavy atom. The molecule has 0 unspecified atom stereocenters. The number of benzene rings is 2. The second-order valence-corrected chi connectivity index (χ2v) is 8.83. The molecule has 152 valence electrons. The van der Waals surface area contributed by atoms with E-state index in [9.17, 15) is 22.0 Å². The number of anilines is 1. The van der Waals surface area contributed by atoms with Gasteiger partial charge in [-0.1, -0.05) is 17.7 Å². The Bertz CT molecular complexity index is 1120. The minimum Gasteiger partial charge on any atom is -0.351 e. The standard InChI is InChI=1S/C18H14ClF2N3O3S2/c19-11-4-6-13(7-5-11)29(26,27)24-18-23-12(10-28-18)8-17(25)22-9-14-15(20)2-1-3-16(14)21/h1-7,10H,8-9H2,(H,22,25)(H,23,24). The first-order valence-corrected chi connectivity index (χ1v) is 10.9. The van der Waals surface area contributed by atoms with Crippen LogP contribution < -0.4 is 10.0 Å². The summed E-state index contributed by atoms with van der Waals surface area (Å²) in [6.07, 6.45) is -0.171. The molecule has 2 aromatic carbocycles. The summed E-state index contributed by atoms with van der Waals surface area (Å²) in [7, 11) is -3.85. The lowest BCUT2D eigenvalue weighted by Gasteiger charge is -2.07. The molecule has 2 N–H and O–H groups in total. The molecule has 0 spiro atoms. The number of aromatic nitrogens is 1. The monoisotopic (exact) mass is 457 g/mol. The highest BCUT2D eigenvalue weighted by Gasteiger charge is 2.17. The molecule has 0 atom stereocenters. The third kappa shape index (κ3) is 5.49. The summed E-state index contributed by atoms with van der Waals surface area (Å²) in [6.45, 7) is -0.308. The van der Waals surface area contributed by atoms with Gasteiger partial charge < -0.3 is 5.32 Å². The van der Waals surface area contributed by atoms with Gasteiger partial charge in [0.15, 0.2) is 5.13 Å². The van der Waals surface area contributed by atoms with E-state index in [0.29, 0.717) is 10.7 Å². The van der Waals surface area contributed by atoms with Crippen LogP contribution in [0.15, 0.2) is 52.7 Å². The van der Waals surface area contributed by atoms with E-state index < -0.39 is 27.6 Å². The Kier molecular flexibility index (Phi) is 6.46. The number of nitrogens with one attached hydrogen (secondary N) is 2. The number of carbonyl (C=O) groups excluding carboxylic acids is 1. The minimum atomic E-state index is -3.85. The van der Waals surface area contributed by atoms with Crippen LogP contribution >= 0.6 is 22.9 Å². The summed E-state index contributed by atoms with van der Waals surface area (Å²) in [5, 5.41) is 4.42. The average molecular weight is 458 g/mol. The molecule has 3 rings (SSSR count). The van der Waals surface area contributed by atoms with E-state index in [4.69, 9.17) is 11.6 Å². The van der Waals surface area contributed by atoms with Gasteiger partial charge in [0.05, 0.1) is 17.0 Å². The minimum absolute atomic E-state index is 0.0170. The van der Waals surface area contributed by atoms with Crippen LogP contribution in [0.4, 0.5) is 13.9 Å². The van der Waals surface area contributed by atoms with Crippen molar-refractivity contribution in [2.45, 2.75) is 17.9 Å². The van der Waals surface area contributed by atoms with Crippen molar-refractivity contribution in [2.75, 3.05) is 4.72 Å². The zero-order chi connectivity index (χ0) is 21.0. The molecular weight excluding hydrogens is 444 g/mol. The van der Waals surface area contributed by atoms with Gasteiger partial charge in [0.25, 0.3) is 10.0 Å². The fraction of sp³-hybridized carbons (Fsp3) is 0.111. The van der Waals surface area contributed by atoms with E-state index in [2.05, 4.69) is 15.0 Å². The van der Waals surface area contributed by atoms with Crippen molar-refractivity contribution < 1.29 is 22.0 Å². The van der Waals surface area contributed by atoms with Crippen molar-refractivity contribution in [1.29, 1.82) is 0 Å². The van der Waals surface area contributed by atoms with E-state index in [1.807, 2.05) is 0 Å².